The van der Waals surface area contributed by atoms with Crippen molar-refractivity contribution in [2.45, 2.75) is 18.6 Å². The summed E-state index contributed by atoms with van der Waals surface area (Å²) in [6.45, 7) is 0. The van der Waals surface area contributed by atoms with Gasteiger partial charge in [-0.15, -0.1) is 0 Å². The van der Waals surface area contributed by atoms with Crippen LogP contribution in [-0.4, -0.2) is 5.79 Å². The first-order chi connectivity index (χ1) is 6.38. The van der Waals surface area contributed by atoms with Crippen LogP contribution in [0.5, 0.6) is 11.5 Å². The van der Waals surface area contributed by atoms with Crippen molar-refractivity contribution in [1.82, 2.24) is 0 Å². The average molecular weight is 174 g/mol. The number of benzene rings is 1. The van der Waals surface area contributed by atoms with E-state index in [0.29, 0.717) is 0 Å². The van der Waals surface area contributed by atoms with Crippen LogP contribution in [-0.2, 0) is 0 Å². The van der Waals surface area contributed by atoms with Crippen molar-refractivity contribution in [2.75, 3.05) is 0 Å². The number of rotatable bonds is 0. The van der Waals surface area contributed by atoms with E-state index in [1.54, 1.807) is 0 Å². The minimum absolute atomic E-state index is 0.482. The minimum Gasteiger partial charge on any atom is -0.445 e. The molecule has 1 heterocycles. The van der Waals surface area contributed by atoms with Gasteiger partial charge < -0.3 is 9.47 Å². The lowest BCUT2D eigenvalue weighted by Gasteiger charge is -2.19. The molecule has 0 fully saturated rings. The second-order valence-corrected chi connectivity index (χ2v) is 3.40. The second-order valence-electron chi connectivity index (χ2n) is 3.40. The summed E-state index contributed by atoms with van der Waals surface area (Å²) in [5, 5.41) is 0. The van der Waals surface area contributed by atoms with Crippen LogP contribution in [0.2, 0.25) is 0 Å². The van der Waals surface area contributed by atoms with Crippen LogP contribution >= 0.6 is 0 Å². The van der Waals surface area contributed by atoms with Gasteiger partial charge in [0, 0.05) is 6.42 Å². The molecule has 0 saturated carbocycles. The van der Waals surface area contributed by atoms with Gasteiger partial charge in [0.1, 0.15) is 0 Å². The Labute approximate surface area is 76.8 Å². The third-order valence-electron chi connectivity index (χ3n) is 2.45. The Balaban J connectivity index is 2.01. The lowest BCUT2D eigenvalue weighted by atomic mass is 10.2. The van der Waals surface area contributed by atoms with Crippen LogP contribution < -0.4 is 9.47 Å². The Morgan fingerprint density at radius 3 is 2.31 bits per heavy atom. The summed E-state index contributed by atoms with van der Waals surface area (Å²) in [5.74, 6) is 1.23. The highest BCUT2D eigenvalue weighted by Gasteiger charge is 2.40. The van der Waals surface area contributed by atoms with E-state index in [9.17, 15) is 0 Å². The third kappa shape index (κ3) is 0.949. The van der Waals surface area contributed by atoms with Crippen LogP contribution in [0.4, 0.5) is 0 Å². The average Bonchev–Trinajstić information content (AvgIpc) is 2.72. The molecule has 66 valence electrons. The molecule has 0 radical (unpaired) electrons. The highest BCUT2D eigenvalue weighted by atomic mass is 16.7. The SMILES string of the molecule is C1=CC2(CC1)Oc1ccccc1O2. The Morgan fingerprint density at radius 1 is 1.08 bits per heavy atom. The maximum Gasteiger partial charge on any atom is 0.271 e. The van der Waals surface area contributed by atoms with Crippen molar-refractivity contribution in [3.63, 3.8) is 0 Å². The summed E-state index contributed by atoms with van der Waals surface area (Å²) in [6, 6.07) is 7.80. The minimum atomic E-state index is -0.482. The molecule has 0 aromatic heterocycles. The standard InChI is InChI=1S/C11H10O2/c1-2-6-10-9(5-1)12-11(13-10)7-3-4-8-11/h1-3,5-7H,4,8H2. The smallest absolute Gasteiger partial charge is 0.271 e. The number of fused-ring (bicyclic) bond motifs is 1. The first kappa shape index (κ1) is 7.01. The van der Waals surface area contributed by atoms with Gasteiger partial charge in [-0.1, -0.05) is 18.2 Å². The van der Waals surface area contributed by atoms with Crippen molar-refractivity contribution < 1.29 is 9.47 Å². The van der Waals surface area contributed by atoms with Crippen LogP contribution in [0.1, 0.15) is 12.8 Å². The van der Waals surface area contributed by atoms with Crippen molar-refractivity contribution >= 4 is 0 Å². The topological polar surface area (TPSA) is 18.5 Å². The highest BCUT2D eigenvalue weighted by Crippen LogP contribution is 2.43. The van der Waals surface area contributed by atoms with E-state index in [1.807, 2.05) is 30.3 Å². The second kappa shape index (κ2) is 2.28. The van der Waals surface area contributed by atoms with E-state index in [0.717, 1.165) is 24.3 Å². The number of allylic oxidation sites excluding steroid dienone is 1. The van der Waals surface area contributed by atoms with Gasteiger partial charge in [-0.2, -0.15) is 0 Å². The summed E-state index contributed by atoms with van der Waals surface area (Å²) < 4.78 is 11.5. The van der Waals surface area contributed by atoms with Crippen molar-refractivity contribution in [3.05, 3.63) is 36.4 Å². The molecule has 2 heteroatoms. The fraction of sp³-hybridized carbons (Fsp3) is 0.273. The van der Waals surface area contributed by atoms with Crippen molar-refractivity contribution in [2.24, 2.45) is 0 Å². The van der Waals surface area contributed by atoms with E-state index >= 15 is 0 Å². The van der Waals surface area contributed by atoms with Gasteiger partial charge in [-0.05, 0) is 24.6 Å². The van der Waals surface area contributed by atoms with Crippen LogP contribution in [0.3, 0.4) is 0 Å². The summed E-state index contributed by atoms with van der Waals surface area (Å²) in [4.78, 5) is 0. The Kier molecular flexibility index (Phi) is 1.23. The Morgan fingerprint density at radius 2 is 1.77 bits per heavy atom. The molecule has 0 amide bonds. The predicted molar refractivity (Wildman–Crippen MR) is 48.8 cm³/mol. The Hall–Kier alpha value is -1.44. The van der Waals surface area contributed by atoms with Crippen molar-refractivity contribution in [3.8, 4) is 11.5 Å². The molecule has 0 saturated heterocycles. The summed E-state index contributed by atoms with van der Waals surface area (Å²) in [6.07, 6.45) is 6.06. The molecule has 0 atom stereocenters. The number of para-hydroxylation sites is 2. The molecule has 1 spiro atoms. The lowest BCUT2D eigenvalue weighted by molar-refractivity contribution is -0.0317. The third-order valence-corrected chi connectivity index (χ3v) is 2.45. The quantitative estimate of drug-likeness (QED) is 0.562. The zero-order valence-corrected chi connectivity index (χ0v) is 7.19. The highest BCUT2D eigenvalue weighted by molar-refractivity contribution is 5.44. The first-order valence-corrected chi connectivity index (χ1v) is 4.53. The van der Waals surface area contributed by atoms with Gasteiger partial charge in [-0.25, -0.2) is 0 Å². The van der Waals surface area contributed by atoms with Crippen LogP contribution in [0.15, 0.2) is 36.4 Å². The number of hydrogen-bond donors (Lipinski definition) is 0. The summed E-state index contributed by atoms with van der Waals surface area (Å²) >= 11 is 0. The van der Waals surface area contributed by atoms with E-state index in [4.69, 9.17) is 9.47 Å². The van der Waals surface area contributed by atoms with E-state index in [-0.39, 0.29) is 0 Å². The number of ether oxygens (including phenoxy) is 2. The van der Waals surface area contributed by atoms with Crippen LogP contribution in [0.25, 0.3) is 0 Å². The fourth-order valence-corrected chi connectivity index (χ4v) is 1.81. The molecular weight excluding hydrogens is 164 g/mol. The molecule has 1 aromatic rings. The van der Waals surface area contributed by atoms with E-state index in [2.05, 4.69) is 6.08 Å². The van der Waals surface area contributed by atoms with Crippen LogP contribution in [0, 0.1) is 0 Å². The van der Waals surface area contributed by atoms with Gasteiger partial charge >= 0.3 is 0 Å². The largest absolute Gasteiger partial charge is 0.445 e. The van der Waals surface area contributed by atoms with Gasteiger partial charge in [0.05, 0.1) is 0 Å². The predicted octanol–water partition coefficient (Wildman–Crippen LogP) is 2.50. The normalized spacial score (nSPS) is 21.2. The fourth-order valence-electron chi connectivity index (χ4n) is 1.81. The van der Waals surface area contributed by atoms with Gasteiger partial charge in [-0.3, -0.25) is 0 Å². The zero-order chi connectivity index (χ0) is 8.73. The first-order valence-electron chi connectivity index (χ1n) is 4.53. The molecule has 1 aliphatic carbocycles. The van der Waals surface area contributed by atoms with E-state index < -0.39 is 5.79 Å². The monoisotopic (exact) mass is 174 g/mol. The molecule has 0 bridgehead atoms. The van der Waals surface area contributed by atoms with Gasteiger partial charge in [0.2, 0.25) is 0 Å². The molecular formula is C11H10O2. The summed E-state index contributed by atoms with van der Waals surface area (Å²) in [5.41, 5.74) is 0. The van der Waals surface area contributed by atoms with E-state index in [1.165, 1.54) is 0 Å². The molecule has 0 unspecified atom stereocenters. The molecule has 1 aliphatic heterocycles. The molecule has 2 nitrogen and oxygen atoms in total. The molecule has 13 heavy (non-hydrogen) atoms. The summed E-state index contributed by atoms with van der Waals surface area (Å²) in [7, 11) is 0. The molecule has 1 aromatic carbocycles. The maximum atomic E-state index is 5.75. The Bertz CT molecular complexity index is 343. The maximum absolute atomic E-state index is 5.75. The lowest BCUT2D eigenvalue weighted by Crippen LogP contribution is -2.33. The molecule has 3 rings (SSSR count). The molecule has 0 N–H and O–H groups in total. The molecule has 2 aliphatic rings. The van der Waals surface area contributed by atoms with Crippen molar-refractivity contribution in [1.29, 1.82) is 0 Å². The number of hydrogen-bond acceptors (Lipinski definition) is 2. The van der Waals surface area contributed by atoms with Gasteiger partial charge in [0.25, 0.3) is 5.79 Å². The zero-order valence-electron chi connectivity index (χ0n) is 7.19. The van der Waals surface area contributed by atoms with Gasteiger partial charge in [0.15, 0.2) is 11.5 Å².